The number of carbonyl (C=O) groups is 1. The largest absolute Gasteiger partial charge is 0.444 e. The van der Waals surface area contributed by atoms with E-state index in [1.165, 1.54) is 0 Å². The quantitative estimate of drug-likeness (QED) is 0.623. The van der Waals surface area contributed by atoms with E-state index in [9.17, 15) is 9.90 Å². The van der Waals surface area contributed by atoms with Gasteiger partial charge in [-0.05, 0) is 46.5 Å². The van der Waals surface area contributed by atoms with E-state index in [2.05, 4.69) is 4.90 Å². The van der Waals surface area contributed by atoms with Gasteiger partial charge in [0.1, 0.15) is 5.60 Å². The third-order valence-corrected chi connectivity index (χ3v) is 4.61. The predicted molar refractivity (Wildman–Crippen MR) is 99.3 cm³/mol. The Hall–Kier alpha value is -0.890. The van der Waals surface area contributed by atoms with Crippen molar-refractivity contribution in [3.8, 4) is 0 Å². The molecule has 2 aliphatic rings. The number of hydrogen-bond donors (Lipinski definition) is 1. The molecule has 0 saturated carbocycles. The number of hydrogen-bond acceptors (Lipinski definition) is 6. The van der Waals surface area contributed by atoms with Crippen LogP contribution in [0.4, 0.5) is 4.79 Å². The molecule has 0 aromatic carbocycles. The molecule has 7 heteroatoms. The summed E-state index contributed by atoms with van der Waals surface area (Å²) in [5, 5.41) is 9.48. The number of likely N-dealkylation sites (tertiary alicyclic amines) is 2. The summed E-state index contributed by atoms with van der Waals surface area (Å²) in [7, 11) is 0. The molecule has 2 rings (SSSR count). The molecule has 152 valence electrons. The van der Waals surface area contributed by atoms with Gasteiger partial charge in [0.2, 0.25) is 0 Å². The minimum absolute atomic E-state index is 0.102. The lowest BCUT2D eigenvalue weighted by Crippen LogP contribution is -2.56. The van der Waals surface area contributed by atoms with Crippen LogP contribution >= 0.6 is 0 Å². The van der Waals surface area contributed by atoms with Crippen molar-refractivity contribution in [2.24, 2.45) is 0 Å². The first-order chi connectivity index (χ1) is 12.3. The van der Waals surface area contributed by atoms with Crippen molar-refractivity contribution in [1.29, 1.82) is 0 Å². The summed E-state index contributed by atoms with van der Waals surface area (Å²) in [6, 6.07) is 0. The molecule has 2 fully saturated rings. The van der Waals surface area contributed by atoms with Crippen LogP contribution in [0.25, 0.3) is 0 Å². The fourth-order valence-electron chi connectivity index (χ4n) is 3.07. The van der Waals surface area contributed by atoms with Crippen molar-refractivity contribution < 1.29 is 24.1 Å². The Morgan fingerprint density at radius 2 is 1.73 bits per heavy atom. The van der Waals surface area contributed by atoms with Crippen LogP contribution in [0.1, 0.15) is 46.5 Å². The first-order valence-corrected chi connectivity index (χ1v) is 9.91. The zero-order valence-electron chi connectivity index (χ0n) is 16.6. The second kappa shape index (κ2) is 10.4. The Kier molecular flexibility index (Phi) is 8.60. The van der Waals surface area contributed by atoms with Crippen LogP contribution in [0.3, 0.4) is 0 Å². The zero-order chi connectivity index (χ0) is 19.0. The molecule has 0 bridgehead atoms. The summed E-state index contributed by atoms with van der Waals surface area (Å²) >= 11 is 0. The van der Waals surface area contributed by atoms with Crippen molar-refractivity contribution in [3.63, 3.8) is 0 Å². The summed E-state index contributed by atoms with van der Waals surface area (Å²) in [5.74, 6) is 0. The van der Waals surface area contributed by atoms with Crippen molar-refractivity contribution in [3.05, 3.63) is 0 Å². The maximum atomic E-state index is 11.8. The molecule has 0 atom stereocenters. The number of nitrogens with zero attached hydrogens (tertiary/aromatic N) is 2. The van der Waals surface area contributed by atoms with Gasteiger partial charge in [-0.3, -0.25) is 0 Å². The van der Waals surface area contributed by atoms with Crippen LogP contribution in [0, 0.1) is 0 Å². The number of rotatable bonds is 9. The van der Waals surface area contributed by atoms with E-state index in [1.54, 1.807) is 4.90 Å². The Morgan fingerprint density at radius 3 is 2.38 bits per heavy atom. The molecular weight excluding hydrogens is 336 g/mol. The number of carbonyl (C=O) groups excluding carboxylic acids is 1. The predicted octanol–water partition coefficient (Wildman–Crippen LogP) is 1.88. The standard InChI is InChI=1S/C19H36N2O5/c1-19(2,3)26-18(23)21-14-17(15-21)25-13-5-12-24-11-4-8-20-9-6-16(22)7-10-20/h16-17,22H,4-15H2,1-3H3. The van der Waals surface area contributed by atoms with Crippen LogP contribution < -0.4 is 0 Å². The number of amides is 1. The highest BCUT2D eigenvalue weighted by atomic mass is 16.6. The summed E-state index contributed by atoms with van der Waals surface area (Å²) in [6.07, 6.45) is 3.45. The van der Waals surface area contributed by atoms with Gasteiger partial charge in [-0.1, -0.05) is 0 Å². The van der Waals surface area contributed by atoms with E-state index < -0.39 is 5.60 Å². The second-order valence-electron chi connectivity index (χ2n) is 8.27. The molecule has 26 heavy (non-hydrogen) atoms. The first-order valence-electron chi connectivity index (χ1n) is 9.91. The highest BCUT2D eigenvalue weighted by molar-refractivity contribution is 5.69. The molecule has 1 amide bonds. The van der Waals surface area contributed by atoms with Crippen molar-refractivity contribution in [2.45, 2.75) is 64.3 Å². The van der Waals surface area contributed by atoms with Gasteiger partial charge in [0.15, 0.2) is 0 Å². The summed E-state index contributed by atoms with van der Waals surface area (Å²) in [4.78, 5) is 15.9. The van der Waals surface area contributed by atoms with E-state index in [4.69, 9.17) is 14.2 Å². The van der Waals surface area contributed by atoms with Gasteiger partial charge >= 0.3 is 6.09 Å². The normalized spacial score (nSPS) is 20.2. The van der Waals surface area contributed by atoms with Gasteiger partial charge in [-0.2, -0.15) is 0 Å². The van der Waals surface area contributed by atoms with Crippen LogP contribution in [0.5, 0.6) is 0 Å². The van der Waals surface area contributed by atoms with Gasteiger partial charge in [0, 0.05) is 39.5 Å². The van der Waals surface area contributed by atoms with Crippen molar-refractivity contribution in [1.82, 2.24) is 9.80 Å². The lowest BCUT2D eigenvalue weighted by atomic mass is 10.1. The van der Waals surface area contributed by atoms with Gasteiger partial charge in [-0.25, -0.2) is 4.79 Å². The van der Waals surface area contributed by atoms with Gasteiger partial charge in [0.25, 0.3) is 0 Å². The molecule has 2 heterocycles. The molecule has 1 N–H and O–H groups in total. The topological polar surface area (TPSA) is 71.5 Å². The molecule has 2 saturated heterocycles. The maximum Gasteiger partial charge on any atom is 0.410 e. The monoisotopic (exact) mass is 372 g/mol. The van der Waals surface area contributed by atoms with Crippen molar-refractivity contribution in [2.75, 3.05) is 52.5 Å². The minimum atomic E-state index is -0.449. The molecule has 2 aliphatic heterocycles. The highest BCUT2D eigenvalue weighted by Gasteiger charge is 2.34. The average Bonchev–Trinajstić information content (AvgIpc) is 2.51. The number of piperidine rings is 1. The Bertz CT molecular complexity index is 413. The third kappa shape index (κ3) is 8.20. The SMILES string of the molecule is CC(C)(C)OC(=O)N1CC(OCCCOCCCN2CCC(O)CC2)C1. The smallest absolute Gasteiger partial charge is 0.410 e. The fourth-order valence-corrected chi connectivity index (χ4v) is 3.07. The number of ether oxygens (including phenoxy) is 3. The van der Waals surface area contributed by atoms with Crippen LogP contribution in [-0.2, 0) is 14.2 Å². The van der Waals surface area contributed by atoms with E-state index in [0.717, 1.165) is 51.9 Å². The molecule has 0 spiro atoms. The third-order valence-electron chi connectivity index (χ3n) is 4.61. The average molecular weight is 373 g/mol. The van der Waals surface area contributed by atoms with Crippen LogP contribution in [0.2, 0.25) is 0 Å². The Morgan fingerprint density at radius 1 is 1.08 bits per heavy atom. The Labute approximate surface area is 157 Å². The minimum Gasteiger partial charge on any atom is -0.444 e. The van der Waals surface area contributed by atoms with Gasteiger partial charge in [-0.15, -0.1) is 0 Å². The second-order valence-corrected chi connectivity index (χ2v) is 8.27. The maximum absolute atomic E-state index is 11.8. The van der Waals surface area contributed by atoms with E-state index in [0.29, 0.717) is 26.3 Å². The zero-order valence-corrected chi connectivity index (χ0v) is 16.6. The molecule has 0 radical (unpaired) electrons. The molecule has 0 aromatic rings. The van der Waals surface area contributed by atoms with Crippen LogP contribution in [0.15, 0.2) is 0 Å². The molecule has 7 nitrogen and oxygen atoms in total. The van der Waals surface area contributed by atoms with E-state index in [1.807, 2.05) is 20.8 Å². The summed E-state index contributed by atoms with van der Waals surface area (Å²) in [5.41, 5.74) is -0.449. The van der Waals surface area contributed by atoms with Gasteiger partial charge < -0.3 is 29.1 Å². The molecule has 0 unspecified atom stereocenters. The molecular formula is C19H36N2O5. The highest BCUT2D eigenvalue weighted by Crippen LogP contribution is 2.17. The fraction of sp³-hybridized carbons (Fsp3) is 0.947. The van der Waals surface area contributed by atoms with E-state index in [-0.39, 0.29) is 18.3 Å². The number of aliphatic hydroxyl groups is 1. The summed E-state index contributed by atoms with van der Waals surface area (Å²) < 4.78 is 16.7. The first kappa shape index (κ1) is 21.4. The Balaban J connectivity index is 1.36. The van der Waals surface area contributed by atoms with E-state index >= 15 is 0 Å². The molecule has 0 aliphatic carbocycles. The van der Waals surface area contributed by atoms with Crippen LogP contribution in [-0.4, -0.2) is 91.4 Å². The lowest BCUT2D eigenvalue weighted by Gasteiger charge is -2.39. The lowest BCUT2D eigenvalue weighted by molar-refractivity contribution is -0.0665. The number of aliphatic hydroxyl groups excluding tert-OH is 1. The van der Waals surface area contributed by atoms with Crippen molar-refractivity contribution >= 4 is 6.09 Å². The summed E-state index contributed by atoms with van der Waals surface area (Å²) in [6.45, 7) is 12.0. The molecule has 0 aromatic heterocycles. The van der Waals surface area contributed by atoms with Gasteiger partial charge in [0.05, 0.1) is 25.3 Å².